The molecule has 9 heavy (non-hydrogen) atoms. The van der Waals surface area contributed by atoms with Gasteiger partial charge in [-0.25, -0.2) is 0 Å². The van der Waals surface area contributed by atoms with Crippen molar-refractivity contribution in [2.75, 3.05) is 7.05 Å². The van der Waals surface area contributed by atoms with Gasteiger partial charge in [0.05, 0.1) is 5.60 Å². The molecule has 3 nitrogen and oxygen atoms in total. The van der Waals surface area contributed by atoms with E-state index in [4.69, 9.17) is 10.5 Å². The number of hydrogen-bond donors (Lipinski definition) is 2. The SMILES string of the molecule is CNC(N)OC(C)(C)C. The number of nitrogens with one attached hydrogen (secondary N) is 1. The predicted octanol–water partition coefficient (Wildman–Crippen LogP) is 0.263. The maximum atomic E-state index is 5.43. The number of hydrogen-bond acceptors (Lipinski definition) is 3. The van der Waals surface area contributed by atoms with Crippen LogP contribution in [0.2, 0.25) is 0 Å². The standard InChI is InChI=1S/C6H16N2O/c1-6(2,3)9-5(7)8-4/h5,8H,7H2,1-4H3. The van der Waals surface area contributed by atoms with E-state index in [2.05, 4.69) is 5.32 Å². The van der Waals surface area contributed by atoms with Gasteiger partial charge in [0.1, 0.15) is 0 Å². The van der Waals surface area contributed by atoms with Crippen molar-refractivity contribution in [3.8, 4) is 0 Å². The summed E-state index contributed by atoms with van der Waals surface area (Å²) in [6.45, 7) is 5.89. The molecule has 0 radical (unpaired) electrons. The van der Waals surface area contributed by atoms with Crippen LogP contribution in [0.3, 0.4) is 0 Å². The van der Waals surface area contributed by atoms with Gasteiger partial charge in [-0.3, -0.25) is 11.1 Å². The van der Waals surface area contributed by atoms with E-state index in [1.54, 1.807) is 7.05 Å². The second-order valence-electron chi connectivity index (χ2n) is 2.94. The second-order valence-corrected chi connectivity index (χ2v) is 2.94. The minimum Gasteiger partial charge on any atom is -0.345 e. The highest BCUT2D eigenvalue weighted by atomic mass is 16.5. The molecule has 3 N–H and O–H groups in total. The van der Waals surface area contributed by atoms with Crippen molar-refractivity contribution >= 4 is 0 Å². The molecule has 0 aliphatic rings. The van der Waals surface area contributed by atoms with Crippen LogP contribution in [0.1, 0.15) is 20.8 Å². The molecule has 0 aliphatic carbocycles. The van der Waals surface area contributed by atoms with E-state index < -0.39 is 0 Å². The fourth-order valence-corrected chi connectivity index (χ4v) is 0.440. The molecule has 0 aliphatic heterocycles. The van der Waals surface area contributed by atoms with Crippen LogP contribution in [0.5, 0.6) is 0 Å². The summed E-state index contributed by atoms with van der Waals surface area (Å²) >= 11 is 0. The number of ether oxygens (including phenoxy) is 1. The summed E-state index contributed by atoms with van der Waals surface area (Å²) in [7, 11) is 1.76. The average Bonchev–Trinajstić information content (AvgIpc) is 1.62. The summed E-state index contributed by atoms with van der Waals surface area (Å²) in [6, 6.07) is 0. The zero-order chi connectivity index (χ0) is 7.49. The van der Waals surface area contributed by atoms with Crippen molar-refractivity contribution < 1.29 is 4.74 Å². The van der Waals surface area contributed by atoms with E-state index in [0.717, 1.165) is 0 Å². The van der Waals surface area contributed by atoms with E-state index in [-0.39, 0.29) is 12.0 Å². The molecule has 1 unspecified atom stereocenters. The molecule has 0 amide bonds. The van der Waals surface area contributed by atoms with Crippen LogP contribution >= 0.6 is 0 Å². The van der Waals surface area contributed by atoms with Gasteiger partial charge in [-0.2, -0.15) is 0 Å². The first kappa shape index (κ1) is 8.88. The molecule has 0 saturated carbocycles. The first-order chi connectivity index (χ1) is 3.95. The zero-order valence-corrected chi connectivity index (χ0v) is 6.56. The van der Waals surface area contributed by atoms with Gasteiger partial charge >= 0.3 is 0 Å². The molecule has 0 heterocycles. The van der Waals surface area contributed by atoms with E-state index in [0.29, 0.717) is 0 Å². The molecular weight excluding hydrogens is 116 g/mol. The van der Waals surface area contributed by atoms with Crippen LogP contribution in [0.15, 0.2) is 0 Å². The fourth-order valence-electron chi connectivity index (χ4n) is 0.440. The Hall–Kier alpha value is -0.120. The van der Waals surface area contributed by atoms with Crippen LogP contribution in [0.25, 0.3) is 0 Å². The van der Waals surface area contributed by atoms with Gasteiger partial charge < -0.3 is 4.74 Å². The molecule has 0 spiro atoms. The molecule has 0 saturated heterocycles. The predicted molar refractivity (Wildman–Crippen MR) is 37.9 cm³/mol. The Morgan fingerprint density at radius 2 is 1.89 bits per heavy atom. The van der Waals surface area contributed by atoms with Gasteiger partial charge in [-0.15, -0.1) is 0 Å². The highest BCUT2D eigenvalue weighted by Gasteiger charge is 2.13. The van der Waals surface area contributed by atoms with E-state index in [9.17, 15) is 0 Å². The summed E-state index contributed by atoms with van der Waals surface area (Å²) in [5, 5.41) is 2.78. The van der Waals surface area contributed by atoms with E-state index >= 15 is 0 Å². The molecule has 3 heteroatoms. The highest BCUT2D eigenvalue weighted by molar-refractivity contribution is 4.59. The van der Waals surface area contributed by atoms with Crippen molar-refractivity contribution in [1.29, 1.82) is 0 Å². The fraction of sp³-hybridized carbons (Fsp3) is 1.00. The lowest BCUT2D eigenvalue weighted by Crippen LogP contribution is -2.42. The third-order valence-corrected chi connectivity index (χ3v) is 0.765. The Morgan fingerprint density at radius 3 is 2.00 bits per heavy atom. The molecule has 56 valence electrons. The van der Waals surface area contributed by atoms with Crippen LogP contribution in [0, 0.1) is 0 Å². The Labute approximate surface area is 56.6 Å². The molecule has 0 aromatic carbocycles. The number of rotatable bonds is 2. The lowest BCUT2D eigenvalue weighted by atomic mass is 10.2. The summed E-state index contributed by atoms with van der Waals surface area (Å²) in [5.74, 6) is 0. The monoisotopic (exact) mass is 132 g/mol. The summed E-state index contributed by atoms with van der Waals surface area (Å²) < 4.78 is 5.25. The first-order valence-electron chi connectivity index (χ1n) is 3.06. The molecule has 0 aromatic rings. The third-order valence-electron chi connectivity index (χ3n) is 0.765. The first-order valence-corrected chi connectivity index (χ1v) is 3.06. The maximum Gasteiger partial charge on any atom is 0.161 e. The Bertz CT molecular complexity index is 77.6. The Balaban J connectivity index is 3.47. The molecule has 0 fully saturated rings. The van der Waals surface area contributed by atoms with Gasteiger partial charge in [0.15, 0.2) is 6.35 Å². The zero-order valence-electron chi connectivity index (χ0n) is 6.56. The van der Waals surface area contributed by atoms with Crippen LogP contribution in [-0.4, -0.2) is 19.0 Å². The summed E-state index contributed by atoms with van der Waals surface area (Å²) in [5.41, 5.74) is 5.26. The highest BCUT2D eigenvalue weighted by Crippen LogP contribution is 2.06. The molecule has 1 atom stereocenters. The quantitative estimate of drug-likeness (QED) is 0.530. The largest absolute Gasteiger partial charge is 0.345 e. The second kappa shape index (κ2) is 3.15. The van der Waals surface area contributed by atoms with E-state index in [1.165, 1.54) is 0 Å². The average molecular weight is 132 g/mol. The van der Waals surface area contributed by atoms with Crippen molar-refractivity contribution in [3.63, 3.8) is 0 Å². The van der Waals surface area contributed by atoms with Gasteiger partial charge in [0.2, 0.25) is 0 Å². The normalized spacial score (nSPS) is 15.7. The number of nitrogens with two attached hydrogens (primary N) is 1. The van der Waals surface area contributed by atoms with Crippen molar-refractivity contribution in [2.24, 2.45) is 5.73 Å². The Kier molecular flexibility index (Phi) is 3.11. The van der Waals surface area contributed by atoms with Crippen LogP contribution in [-0.2, 0) is 4.74 Å². The van der Waals surface area contributed by atoms with Gasteiger partial charge in [0, 0.05) is 0 Å². The van der Waals surface area contributed by atoms with Crippen molar-refractivity contribution in [3.05, 3.63) is 0 Å². The molecular formula is C6H16N2O. The minimum absolute atomic E-state index is 0.164. The molecule has 0 aromatic heterocycles. The maximum absolute atomic E-state index is 5.43. The smallest absolute Gasteiger partial charge is 0.161 e. The van der Waals surface area contributed by atoms with Crippen molar-refractivity contribution in [1.82, 2.24) is 5.32 Å². The van der Waals surface area contributed by atoms with Gasteiger partial charge in [-0.05, 0) is 27.8 Å². The van der Waals surface area contributed by atoms with Crippen LogP contribution in [0.4, 0.5) is 0 Å². The van der Waals surface area contributed by atoms with E-state index in [1.807, 2.05) is 20.8 Å². The lowest BCUT2D eigenvalue weighted by molar-refractivity contribution is -0.0682. The topological polar surface area (TPSA) is 47.3 Å². The third kappa shape index (κ3) is 5.76. The van der Waals surface area contributed by atoms with Crippen LogP contribution < -0.4 is 11.1 Å². The van der Waals surface area contributed by atoms with Gasteiger partial charge in [-0.1, -0.05) is 0 Å². The Morgan fingerprint density at radius 1 is 1.44 bits per heavy atom. The minimum atomic E-state index is -0.356. The summed E-state index contributed by atoms with van der Waals surface area (Å²) in [4.78, 5) is 0. The van der Waals surface area contributed by atoms with Crippen molar-refractivity contribution in [2.45, 2.75) is 32.7 Å². The molecule has 0 rings (SSSR count). The van der Waals surface area contributed by atoms with Gasteiger partial charge in [0.25, 0.3) is 0 Å². The summed E-state index contributed by atoms with van der Waals surface area (Å²) in [6.07, 6.45) is -0.356. The molecule has 0 bridgehead atoms. The lowest BCUT2D eigenvalue weighted by Gasteiger charge is -2.23.